The summed E-state index contributed by atoms with van der Waals surface area (Å²) in [7, 11) is 0. The van der Waals surface area contributed by atoms with Gasteiger partial charge in [-0.25, -0.2) is 9.59 Å². The fraction of sp³-hybridized carbons (Fsp3) is 0.333. The van der Waals surface area contributed by atoms with E-state index in [2.05, 4.69) is 5.32 Å². The Morgan fingerprint density at radius 2 is 2.44 bits per heavy atom. The van der Waals surface area contributed by atoms with Gasteiger partial charge >= 0.3 is 12.1 Å². The largest absolute Gasteiger partial charge is 0.477 e. The van der Waals surface area contributed by atoms with Crippen LogP contribution < -0.4 is 5.32 Å². The minimum absolute atomic E-state index is 0.0498. The number of rotatable bonds is 4. The van der Waals surface area contributed by atoms with Crippen LogP contribution in [0.25, 0.3) is 0 Å². The van der Waals surface area contributed by atoms with Crippen LogP contribution in [0.2, 0.25) is 0 Å². The molecule has 0 aromatic carbocycles. The number of carbonyl (C=O) groups excluding carboxylic acids is 1. The van der Waals surface area contributed by atoms with Gasteiger partial charge in [0.05, 0.1) is 24.2 Å². The molecule has 2 rings (SSSR count). The molecule has 0 bridgehead atoms. The van der Waals surface area contributed by atoms with Gasteiger partial charge in [-0.2, -0.15) is 0 Å². The number of aromatic nitrogens is 1. The lowest BCUT2D eigenvalue weighted by Gasteiger charge is -2.09. The topological polar surface area (TPSA) is 124 Å². The average Bonchev–Trinajstić information content (AvgIpc) is 2.85. The molecule has 2 heterocycles. The summed E-state index contributed by atoms with van der Waals surface area (Å²) in [6, 6.07) is 0.965. The summed E-state index contributed by atoms with van der Waals surface area (Å²) < 4.78 is 6.02. The summed E-state index contributed by atoms with van der Waals surface area (Å²) in [5, 5.41) is 21.9. The molecule has 1 aromatic heterocycles. The van der Waals surface area contributed by atoms with Crippen molar-refractivity contribution in [2.45, 2.75) is 12.6 Å². The van der Waals surface area contributed by atoms with Gasteiger partial charge in [-0.3, -0.25) is 10.1 Å². The van der Waals surface area contributed by atoms with E-state index in [0.29, 0.717) is 0 Å². The Morgan fingerprint density at radius 3 is 2.94 bits per heavy atom. The number of aromatic carboxylic acids is 1. The molecule has 1 saturated heterocycles. The van der Waals surface area contributed by atoms with E-state index in [9.17, 15) is 19.7 Å². The van der Waals surface area contributed by atoms with E-state index in [0.717, 1.165) is 12.3 Å². The van der Waals surface area contributed by atoms with Gasteiger partial charge in [-0.1, -0.05) is 0 Å². The molecule has 1 unspecified atom stereocenters. The minimum atomic E-state index is -1.28. The quantitative estimate of drug-likeness (QED) is 0.585. The van der Waals surface area contributed by atoms with Gasteiger partial charge < -0.3 is 19.7 Å². The van der Waals surface area contributed by atoms with Gasteiger partial charge in [0, 0.05) is 6.07 Å². The molecule has 1 aliphatic heterocycles. The standard InChI is InChI=1S/C9H9N3O6/c13-8(14)7-1-5(12(16)17)3-11(7)4-6-2-10-9(15)18-6/h1,3,6H,2,4H2,(H,10,15)(H,13,14). The van der Waals surface area contributed by atoms with E-state index >= 15 is 0 Å². The first kappa shape index (κ1) is 11.9. The van der Waals surface area contributed by atoms with Crippen LogP contribution in [-0.2, 0) is 11.3 Å². The molecular formula is C9H9N3O6. The first-order valence-electron chi connectivity index (χ1n) is 4.99. The fourth-order valence-corrected chi connectivity index (χ4v) is 1.68. The first-order chi connectivity index (χ1) is 8.47. The number of nitrogens with one attached hydrogen (secondary N) is 1. The maximum Gasteiger partial charge on any atom is 0.407 e. The minimum Gasteiger partial charge on any atom is -0.477 e. The van der Waals surface area contributed by atoms with Crippen molar-refractivity contribution >= 4 is 17.7 Å². The summed E-state index contributed by atoms with van der Waals surface area (Å²) >= 11 is 0. The third-order valence-electron chi connectivity index (χ3n) is 2.46. The maximum absolute atomic E-state index is 10.9. The normalized spacial score (nSPS) is 18.2. The van der Waals surface area contributed by atoms with Crippen LogP contribution in [0.15, 0.2) is 12.3 Å². The highest BCUT2D eigenvalue weighted by Gasteiger charge is 2.26. The Bertz CT molecular complexity index is 522. The number of amides is 1. The van der Waals surface area contributed by atoms with E-state index in [1.165, 1.54) is 4.57 Å². The molecule has 0 spiro atoms. The lowest BCUT2D eigenvalue weighted by molar-refractivity contribution is -0.384. The molecule has 96 valence electrons. The highest BCUT2D eigenvalue weighted by molar-refractivity contribution is 5.86. The second-order valence-corrected chi connectivity index (χ2v) is 3.71. The molecule has 1 aromatic rings. The fourth-order valence-electron chi connectivity index (χ4n) is 1.68. The Balaban J connectivity index is 2.22. The lowest BCUT2D eigenvalue weighted by atomic mass is 10.3. The number of nitro groups is 1. The van der Waals surface area contributed by atoms with Gasteiger partial charge in [0.25, 0.3) is 5.69 Å². The van der Waals surface area contributed by atoms with Crippen LogP contribution in [0.1, 0.15) is 10.5 Å². The van der Waals surface area contributed by atoms with Crippen molar-refractivity contribution < 1.29 is 24.4 Å². The Hall–Kier alpha value is -2.58. The monoisotopic (exact) mass is 255 g/mol. The van der Waals surface area contributed by atoms with Gasteiger partial charge in [-0.05, 0) is 0 Å². The smallest absolute Gasteiger partial charge is 0.407 e. The molecule has 2 N–H and O–H groups in total. The molecule has 1 amide bonds. The number of cyclic esters (lactones) is 1. The van der Waals surface area contributed by atoms with Crippen molar-refractivity contribution in [3.63, 3.8) is 0 Å². The molecule has 9 nitrogen and oxygen atoms in total. The van der Waals surface area contributed by atoms with Crippen molar-refractivity contribution in [2.75, 3.05) is 6.54 Å². The van der Waals surface area contributed by atoms with Gasteiger partial charge in [0.2, 0.25) is 0 Å². The van der Waals surface area contributed by atoms with E-state index in [4.69, 9.17) is 9.84 Å². The molecule has 0 radical (unpaired) electrons. The van der Waals surface area contributed by atoms with Crippen LogP contribution in [0.4, 0.5) is 10.5 Å². The van der Waals surface area contributed by atoms with E-state index in [1.54, 1.807) is 0 Å². The van der Waals surface area contributed by atoms with Crippen molar-refractivity contribution in [1.82, 2.24) is 9.88 Å². The molecule has 1 fully saturated rings. The van der Waals surface area contributed by atoms with Crippen LogP contribution in [0, 0.1) is 10.1 Å². The number of carboxylic acid groups (broad SMARTS) is 1. The summed E-state index contributed by atoms with van der Waals surface area (Å²) in [5.74, 6) is -1.28. The van der Waals surface area contributed by atoms with E-state index < -0.39 is 23.1 Å². The van der Waals surface area contributed by atoms with Gasteiger partial charge in [0.15, 0.2) is 0 Å². The van der Waals surface area contributed by atoms with Crippen LogP contribution >= 0.6 is 0 Å². The molecule has 0 saturated carbocycles. The molecular weight excluding hydrogens is 246 g/mol. The summed E-state index contributed by atoms with van der Waals surface area (Å²) in [6.45, 7) is 0.290. The molecule has 1 aliphatic rings. The average molecular weight is 255 g/mol. The van der Waals surface area contributed by atoms with Crippen molar-refractivity contribution in [1.29, 1.82) is 0 Å². The molecule has 9 heteroatoms. The van der Waals surface area contributed by atoms with Crippen molar-refractivity contribution in [3.05, 3.63) is 28.1 Å². The molecule has 18 heavy (non-hydrogen) atoms. The summed E-state index contributed by atoms with van der Waals surface area (Å²) in [6.07, 6.45) is -0.0172. The highest BCUT2D eigenvalue weighted by Crippen LogP contribution is 2.18. The first-order valence-corrected chi connectivity index (χ1v) is 4.99. The summed E-state index contributed by atoms with van der Waals surface area (Å²) in [5.41, 5.74) is -0.533. The number of hydrogen-bond donors (Lipinski definition) is 2. The third-order valence-corrected chi connectivity index (χ3v) is 2.46. The second-order valence-electron chi connectivity index (χ2n) is 3.71. The summed E-state index contributed by atoms with van der Waals surface area (Å²) in [4.78, 5) is 31.6. The van der Waals surface area contributed by atoms with Crippen molar-refractivity contribution in [3.8, 4) is 0 Å². The number of hydrogen-bond acceptors (Lipinski definition) is 5. The van der Waals surface area contributed by atoms with Gasteiger partial charge in [0.1, 0.15) is 11.8 Å². The predicted molar refractivity (Wildman–Crippen MR) is 56.3 cm³/mol. The zero-order valence-corrected chi connectivity index (χ0v) is 9.03. The second kappa shape index (κ2) is 4.35. The maximum atomic E-state index is 10.9. The molecule has 1 atom stereocenters. The zero-order chi connectivity index (χ0) is 13.3. The molecule has 0 aliphatic carbocycles. The number of carboxylic acids is 1. The Morgan fingerprint density at radius 1 is 1.72 bits per heavy atom. The van der Waals surface area contributed by atoms with Crippen LogP contribution in [-0.4, -0.2) is 39.3 Å². The number of alkyl carbamates (subject to hydrolysis) is 1. The SMILES string of the molecule is O=C1NCC(Cn2cc([N+](=O)[O-])cc2C(=O)O)O1. The third kappa shape index (κ3) is 2.24. The lowest BCUT2D eigenvalue weighted by Crippen LogP contribution is -2.22. The number of carbonyl (C=O) groups is 2. The van der Waals surface area contributed by atoms with Crippen LogP contribution in [0.3, 0.4) is 0 Å². The highest BCUT2D eigenvalue weighted by atomic mass is 16.6. The van der Waals surface area contributed by atoms with Crippen LogP contribution in [0.5, 0.6) is 0 Å². The Labute approximate surface area is 100 Å². The number of ether oxygens (including phenoxy) is 1. The van der Waals surface area contributed by atoms with Gasteiger partial charge in [-0.15, -0.1) is 0 Å². The predicted octanol–water partition coefficient (Wildman–Crippen LogP) is 0.203. The zero-order valence-electron chi connectivity index (χ0n) is 9.03. The Kier molecular flexibility index (Phi) is 2.88. The number of nitrogens with zero attached hydrogens (tertiary/aromatic N) is 2. The van der Waals surface area contributed by atoms with E-state index in [1.807, 2.05) is 0 Å². The van der Waals surface area contributed by atoms with Crippen molar-refractivity contribution in [2.24, 2.45) is 0 Å². The van der Waals surface area contributed by atoms with E-state index in [-0.39, 0.29) is 24.5 Å².